The molecule has 1 unspecified atom stereocenters. The van der Waals surface area contributed by atoms with Crippen molar-refractivity contribution in [2.45, 2.75) is 71.7 Å². The fourth-order valence-corrected chi connectivity index (χ4v) is 3.43. The van der Waals surface area contributed by atoms with Gasteiger partial charge in [0, 0.05) is 6.08 Å². The quantitative estimate of drug-likeness (QED) is 0.419. The largest absolute Gasteiger partial charge is 0.499 e. The zero-order chi connectivity index (χ0) is 24.2. The van der Waals surface area contributed by atoms with Crippen LogP contribution in [0.5, 0.6) is 0 Å². The first-order valence-corrected chi connectivity index (χ1v) is 11.5. The van der Waals surface area contributed by atoms with Crippen LogP contribution < -0.4 is 5.32 Å². The van der Waals surface area contributed by atoms with E-state index in [-0.39, 0.29) is 31.4 Å². The van der Waals surface area contributed by atoms with Gasteiger partial charge in [0.25, 0.3) is 11.8 Å². The second kappa shape index (κ2) is 11.2. The molecule has 0 fully saturated rings. The topological polar surface area (TPSA) is 84.9 Å². The molecule has 178 valence electrons. The zero-order valence-corrected chi connectivity index (χ0v) is 21.9. The van der Waals surface area contributed by atoms with E-state index in [1.165, 1.54) is 13.2 Å². The Hall–Kier alpha value is -0.310. The molecule has 13 heteroatoms. The molecule has 2 atom stereocenters. The number of methoxy groups -OCH3 is 1. The van der Waals surface area contributed by atoms with Gasteiger partial charge in [-0.05, 0) is 46.5 Å². The molecule has 3 amide bonds. The number of amides is 3. The number of halogens is 6. The minimum absolute atomic E-state index is 0.0401. The third kappa shape index (κ3) is 10.4. The van der Waals surface area contributed by atoms with E-state index in [1.807, 2.05) is 0 Å². The van der Waals surface area contributed by atoms with Gasteiger partial charge >= 0.3 is 6.09 Å². The summed E-state index contributed by atoms with van der Waals surface area (Å²) in [4.78, 5) is 39.1. The van der Waals surface area contributed by atoms with Crippen LogP contribution in [0.2, 0.25) is 0 Å². The molecular weight excluding hydrogens is 537 g/mol. The Balaban J connectivity index is 3.12. The van der Waals surface area contributed by atoms with Crippen molar-refractivity contribution in [1.29, 1.82) is 0 Å². The number of alkyl carbamates (subject to hydrolysis) is 1. The molecule has 0 aliphatic carbocycles. The fourth-order valence-electron chi connectivity index (χ4n) is 2.78. The van der Waals surface area contributed by atoms with Crippen LogP contribution in [0.1, 0.15) is 46.5 Å². The monoisotopic (exact) mass is 558 g/mol. The Labute approximate surface area is 211 Å². The van der Waals surface area contributed by atoms with Crippen molar-refractivity contribution in [3.63, 3.8) is 0 Å². The first-order valence-electron chi connectivity index (χ1n) is 9.19. The first kappa shape index (κ1) is 28.7. The van der Waals surface area contributed by atoms with Crippen molar-refractivity contribution in [1.82, 2.24) is 10.2 Å². The molecule has 1 aliphatic rings. The highest BCUT2D eigenvalue weighted by molar-refractivity contribution is 6.67. The maximum absolute atomic E-state index is 13.3. The number of hydrogen-bond acceptors (Lipinski definition) is 5. The summed E-state index contributed by atoms with van der Waals surface area (Å²) in [5.74, 6) is -1.14. The number of carbonyl (C=O) groups is 3. The van der Waals surface area contributed by atoms with E-state index in [1.54, 1.807) is 20.8 Å². The van der Waals surface area contributed by atoms with Gasteiger partial charge in [-0.25, -0.2) is 4.79 Å². The fraction of sp³-hybridized carbons (Fsp3) is 0.722. The van der Waals surface area contributed by atoms with Crippen LogP contribution in [-0.2, 0) is 19.1 Å². The Morgan fingerprint density at radius 3 is 2.10 bits per heavy atom. The Morgan fingerprint density at radius 2 is 1.65 bits per heavy atom. The highest BCUT2D eigenvalue weighted by atomic mass is 35.6. The summed E-state index contributed by atoms with van der Waals surface area (Å²) in [5, 5.41) is 2.45. The summed E-state index contributed by atoms with van der Waals surface area (Å²) in [6.45, 7) is 4.99. The van der Waals surface area contributed by atoms with Crippen LogP contribution in [0, 0.1) is 0 Å². The summed E-state index contributed by atoms with van der Waals surface area (Å²) in [6.07, 6.45) is 0.322. The molecule has 0 aromatic heterocycles. The minimum Gasteiger partial charge on any atom is -0.499 e. The Bertz CT molecular complexity index is 712. The second-order valence-corrected chi connectivity index (χ2v) is 12.9. The van der Waals surface area contributed by atoms with Crippen LogP contribution in [0.4, 0.5) is 4.79 Å². The van der Waals surface area contributed by atoms with Gasteiger partial charge in [-0.15, -0.1) is 0 Å². The summed E-state index contributed by atoms with van der Waals surface area (Å²) in [7, 11) is 1.36. The molecule has 0 aromatic rings. The lowest BCUT2D eigenvalue weighted by Gasteiger charge is -2.30. The predicted octanol–water partition coefficient (Wildman–Crippen LogP) is 5.45. The third-order valence-corrected chi connectivity index (χ3v) is 5.16. The van der Waals surface area contributed by atoms with E-state index in [0.29, 0.717) is 0 Å². The smallest absolute Gasteiger partial charge is 0.408 e. The molecule has 0 bridgehead atoms. The lowest BCUT2D eigenvalue weighted by molar-refractivity contribution is -0.145. The maximum atomic E-state index is 13.3. The summed E-state index contributed by atoms with van der Waals surface area (Å²) in [5.41, 5.74) is -0.811. The van der Waals surface area contributed by atoms with Crippen LogP contribution in [0.25, 0.3) is 0 Å². The number of rotatable bonds is 7. The molecule has 1 N–H and O–H groups in total. The Morgan fingerprint density at radius 1 is 1.10 bits per heavy atom. The maximum Gasteiger partial charge on any atom is 0.408 e. The van der Waals surface area contributed by atoms with Crippen LogP contribution in [0.15, 0.2) is 11.8 Å². The van der Waals surface area contributed by atoms with Gasteiger partial charge in [-0.1, -0.05) is 69.6 Å². The first-order chi connectivity index (χ1) is 13.9. The second-order valence-electron chi connectivity index (χ2n) is 7.82. The molecule has 0 saturated carbocycles. The average molecular weight is 561 g/mol. The lowest BCUT2D eigenvalue weighted by atomic mass is 10.1. The number of hydrogen-bond donors (Lipinski definition) is 1. The van der Waals surface area contributed by atoms with Crippen molar-refractivity contribution in [2.75, 3.05) is 7.11 Å². The standard InChI is InChI=1S/C18H24Cl6N2O5/c1-16(2,3)31-15(29)25-10(5-7-17(19,20)21)14(28)26-11(6-8-18(22,23)24)12(30-4)9-13(26)27/h9-11H,5-8H2,1-4H3,(H,25,29)/t10-,11?/m0/s1. The molecule has 0 spiro atoms. The summed E-state index contributed by atoms with van der Waals surface area (Å²) in [6, 6.07) is -2.04. The van der Waals surface area contributed by atoms with Gasteiger partial charge in [-0.3, -0.25) is 14.5 Å². The van der Waals surface area contributed by atoms with Gasteiger partial charge in [0.05, 0.1) is 13.2 Å². The molecule has 31 heavy (non-hydrogen) atoms. The average Bonchev–Trinajstić information content (AvgIpc) is 2.88. The van der Waals surface area contributed by atoms with Crippen molar-refractivity contribution >= 4 is 87.5 Å². The molecule has 1 aliphatic heterocycles. The number of nitrogens with zero attached hydrogens (tertiary/aromatic N) is 1. The molecule has 0 radical (unpaired) electrons. The number of imide groups is 1. The van der Waals surface area contributed by atoms with Crippen LogP contribution >= 0.6 is 69.6 Å². The van der Waals surface area contributed by atoms with E-state index in [0.717, 1.165) is 4.90 Å². The van der Waals surface area contributed by atoms with Crippen molar-refractivity contribution < 1.29 is 23.9 Å². The van der Waals surface area contributed by atoms with Gasteiger partial charge in [0.15, 0.2) is 7.59 Å². The molecular formula is C18H24Cl6N2O5. The number of carbonyl (C=O) groups excluding carboxylic acids is 3. The normalized spacial score (nSPS) is 18.5. The predicted molar refractivity (Wildman–Crippen MR) is 123 cm³/mol. The highest BCUT2D eigenvalue weighted by Crippen LogP contribution is 2.36. The van der Waals surface area contributed by atoms with E-state index >= 15 is 0 Å². The SMILES string of the molecule is COC1=CC(=O)N(C(=O)[C@H](CCC(Cl)(Cl)Cl)NC(=O)OC(C)(C)C)C1CCC(Cl)(Cl)Cl. The third-order valence-electron chi connectivity index (χ3n) is 4.02. The molecule has 1 heterocycles. The van der Waals surface area contributed by atoms with Gasteiger partial charge in [0.2, 0.25) is 0 Å². The van der Waals surface area contributed by atoms with Crippen molar-refractivity contribution in [3.8, 4) is 0 Å². The Kier molecular flexibility index (Phi) is 10.4. The number of nitrogens with one attached hydrogen (secondary N) is 1. The minimum atomic E-state index is -1.67. The molecule has 1 rings (SSSR count). The summed E-state index contributed by atoms with van der Waals surface area (Å²) >= 11 is 34.9. The van der Waals surface area contributed by atoms with Gasteiger partial charge in [0.1, 0.15) is 17.4 Å². The van der Waals surface area contributed by atoms with Gasteiger partial charge < -0.3 is 14.8 Å². The van der Waals surface area contributed by atoms with Crippen molar-refractivity contribution in [3.05, 3.63) is 11.8 Å². The molecule has 0 saturated heterocycles. The van der Waals surface area contributed by atoms with E-state index in [4.69, 9.17) is 79.1 Å². The summed E-state index contributed by atoms with van der Waals surface area (Å²) < 4.78 is 7.16. The van der Waals surface area contributed by atoms with E-state index < -0.39 is 43.2 Å². The zero-order valence-electron chi connectivity index (χ0n) is 17.3. The van der Waals surface area contributed by atoms with E-state index in [9.17, 15) is 14.4 Å². The molecule has 7 nitrogen and oxygen atoms in total. The molecule has 0 aromatic carbocycles. The van der Waals surface area contributed by atoms with Crippen molar-refractivity contribution in [2.24, 2.45) is 0 Å². The van der Waals surface area contributed by atoms with Gasteiger partial charge in [-0.2, -0.15) is 0 Å². The van der Waals surface area contributed by atoms with E-state index in [2.05, 4.69) is 5.32 Å². The highest BCUT2D eigenvalue weighted by Gasteiger charge is 2.43. The number of ether oxygens (including phenoxy) is 2. The van der Waals surface area contributed by atoms with Crippen LogP contribution in [0.3, 0.4) is 0 Å². The lowest BCUT2D eigenvalue weighted by Crippen LogP contribution is -2.53. The van der Waals surface area contributed by atoms with Crippen LogP contribution in [-0.4, -0.2) is 55.2 Å². The number of alkyl halides is 6.